The SMILES string of the molecule is C=CCC[C@H]1C/C(=C\C=C2\C[C@@H](O)CCC2=C)[C@@H]2CC[C@H]([C@H](C)CCCC(C)C)[C@@]2(C)C1. The van der Waals surface area contributed by atoms with Crippen LogP contribution in [0.2, 0.25) is 0 Å². The quantitative estimate of drug-likeness (QED) is 0.356. The van der Waals surface area contributed by atoms with Gasteiger partial charge in [0.05, 0.1) is 6.10 Å². The molecule has 3 fully saturated rings. The van der Waals surface area contributed by atoms with Gasteiger partial charge in [-0.2, -0.15) is 0 Å². The van der Waals surface area contributed by atoms with Crippen molar-refractivity contribution >= 4 is 0 Å². The van der Waals surface area contributed by atoms with Gasteiger partial charge in [0.25, 0.3) is 0 Å². The Hall–Kier alpha value is -1.08. The number of allylic oxidation sites excluding steroid dienone is 5. The topological polar surface area (TPSA) is 20.2 Å². The number of rotatable bonds is 9. The summed E-state index contributed by atoms with van der Waals surface area (Å²) in [5, 5.41) is 10.2. The van der Waals surface area contributed by atoms with Crippen LogP contribution < -0.4 is 0 Å². The van der Waals surface area contributed by atoms with Crippen molar-refractivity contribution in [1.29, 1.82) is 0 Å². The van der Waals surface area contributed by atoms with E-state index < -0.39 is 0 Å². The van der Waals surface area contributed by atoms with Gasteiger partial charge in [-0.3, -0.25) is 0 Å². The molecule has 0 amide bonds. The zero-order chi connectivity index (χ0) is 23.3. The fraction of sp³-hybridized carbons (Fsp3) is 0.742. The molecule has 1 N–H and O–H groups in total. The third-order valence-corrected chi connectivity index (χ3v) is 9.20. The van der Waals surface area contributed by atoms with Crippen molar-refractivity contribution in [2.45, 2.75) is 111 Å². The van der Waals surface area contributed by atoms with E-state index in [0.717, 1.165) is 55.3 Å². The summed E-state index contributed by atoms with van der Waals surface area (Å²) >= 11 is 0. The van der Waals surface area contributed by atoms with Crippen LogP contribution in [0.25, 0.3) is 0 Å². The minimum atomic E-state index is -0.190. The van der Waals surface area contributed by atoms with Crippen LogP contribution in [-0.4, -0.2) is 11.2 Å². The van der Waals surface area contributed by atoms with Gasteiger partial charge in [0, 0.05) is 0 Å². The van der Waals surface area contributed by atoms with Crippen molar-refractivity contribution in [3.63, 3.8) is 0 Å². The molecule has 3 aliphatic rings. The van der Waals surface area contributed by atoms with Gasteiger partial charge in [-0.1, -0.05) is 82.9 Å². The van der Waals surface area contributed by atoms with Gasteiger partial charge in [-0.05, 0) is 98.4 Å². The van der Waals surface area contributed by atoms with E-state index in [9.17, 15) is 5.11 Å². The first-order valence-corrected chi connectivity index (χ1v) is 13.6. The maximum Gasteiger partial charge on any atom is 0.0583 e. The molecule has 180 valence electrons. The maximum absolute atomic E-state index is 10.2. The summed E-state index contributed by atoms with van der Waals surface area (Å²) in [7, 11) is 0. The number of fused-ring (bicyclic) bond motifs is 1. The van der Waals surface area contributed by atoms with E-state index >= 15 is 0 Å². The highest BCUT2D eigenvalue weighted by Gasteiger charge is 2.52. The highest BCUT2D eigenvalue weighted by atomic mass is 16.3. The van der Waals surface area contributed by atoms with Gasteiger partial charge in [-0.25, -0.2) is 0 Å². The predicted octanol–water partition coefficient (Wildman–Crippen LogP) is 8.81. The lowest BCUT2D eigenvalue weighted by atomic mass is 9.57. The minimum absolute atomic E-state index is 0.190. The molecule has 1 heteroatoms. The number of aliphatic hydroxyl groups is 1. The maximum atomic E-state index is 10.2. The molecule has 0 unspecified atom stereocenters. The van der Waals surface area contributed by atoms with Crippen molar-refractivity contribution in [3.8, 4) is 0 Å². The molecule has 0 heterocycles. The smallest absolute Gasteiger partial charge is 0.0583 e. The zero-order valence-electron chi connectivity index (χ0n) is 21.5. The van der Waals surface area contributed by atoms with E-state index in [-0.39, 0.29) is 6.10 Å². The van der Waals surface area contributed by atoms with Crippen LogP contribution >= 0.6 is 0 Å². The molecule has 0 aromatic rings. The van der Waals surface area contributed by atoms with Crippen molar-refractivity contribution in [1.82, 2.24) is 0 Å². The summed E-state index contributed by atoms with van der Waals surface area (Å²) in [6.07, 6.45) is 21.3. The Labute approximate surface area is 199 Å². The summed E-state index contributed by atoms with van der Waals surface area (Å²) in [5.74, 6) is 4.02. The molecule has 32 heavy (non-hydrogen) atoms. The Morgan fingerprint density at radius 3 is 2.59 bits per heavy atom. The lowest BCUT2D eigenvalue weighted by Crippen LogP contribution is -2.39. The van der Waals surface area contributed by atoms with Gasteiger partial charge in [0.1, 0.15) is 0 Å². The van der Waals surface area contributed by atoms with E-state index in [0.29, 0.717) is 5.41 Å². The minimum Gasteiger partial charge on any atom is -0.393 e. The average molecular weight is 439 g/mol. The normalized spacial score (nSPS) is 36.6. The monoisotopic (exact) mass is 438 g/mol. The van der Waals surface area contributed by atoms with Crippen LogP contribution in [0, 0.1) is 35.0 Å². The van der Waals surface area contributed by atoms with Crippen molar-refractivity contribution in [2.75, 3.05) is 0 Å². The fourth-order valence-corrected chi connectivity index (χ4v) is 7.46. The van der Waals surface area contributed by atoms with E-state index in [1.54, 1.807) is 5.57 Å². The van der Waals surface area contributed by atoms with Gasteiger partial charge < -0.3 is 5.11 Å². The lowest BCUT2D eigenvalue weighted by molar-refractivity contribution is 0.0640. The third-order valence-electron chi connectivity index (χ3n) is 9.20. The summed E-state index contributed by atoms with van der Waals surface area (Å²) in [6.45, 7) is 18.2. The second-order valence-electron chi connectivity index (χ2n) is 12.1. The standard InChI is InChI=1S/C31H50O/c1-7-8-12-25-19-27(15-14-26-20-28(32)16-13-23(26)4)30-18-17-29(31(30,6)21-25)24(5)11-9-10-22(2)3/h7,14-15,22,24-25,28-30,32H,1,4,8-13,16-21H2,2-3,5-6H3/b26-14-,27-15+/t24-,25+,28+,29-,30+,31-/m1/s1. The Kier molecular flexibility index (Phi) is 9.07. The van der Waals surface area contributed by atoms with Crippen LogP contribution in [0.15, 0.2) is 48.1 Å². The fourth-order valence-electron chi connectivity index (χ4n) is 7.46. The molecule has 0 aliphatic heterocycles. The molecular formula is C31H50O. The summed E-state index contributed by atoms with van der Waals surface area (Å²) < 4.78 is 0. The van der Waals surface area contributed by atoms with Crippen LogP contribution in [-0.2, 0) is 0 Å². The molecule has 3 rings (SSSR count). The summed E-state index contributed by atoms with van der Waals surface area (Å²) in [6, 6.07) is 0. The van der Waals surface area contributed by atoms with Crippen LogP contribution in [0.5, 0.6) is 0 Å². The molecule has 0 bridgehead atoms. The Balaban J connectivity index is 1.81. The van der Waals surface area contributed by atoms with Gasteiger partial charge >= 0.3 is 0 Å². The van der Waals surface area contributed by atoms with Crippen LogP contribution in [0.1, 0.15) is 105 Å². The van der Waals surface area contributed by atoms with Gasteiger partial charge in [0.15, 0.2) is 0 Å². The first-order chi connectivity index (χ1) is 15.2. The second-order valence-corrected chi connectivity index (χ2v) is 12.1. The Morgan fingerprint density at radius 2 is 1.88 bits per heavy atom. The van der Waals surface area contributed by atoms with E-state index in [1.807, 2.05) is 0 Å². The molecule has 1 nitrogen and oxygen atoms in total. The molecule has 6 atom stereocenters. The molecule has 0 aromatic heterocycles. The summed E-state index contributed by atoms with van der Waals surface area (Å²) in [5.41, 5.74) is 4.64. The van der Waals surface area contributed by atoms with E-state index in [4.69, 9.17) is 0 Å². The average Bonchev–Trinajstić information content (AvgIpc) is 3.09. The van der Waals surface area contributed by atoms with E-state index in [2.05, 4.69) is 59.1 Å². The third kappa shape index (κ3) is 6.07. The first kappa shape index (κ1) is 25.5. The summed E-state index contributed by atoms with van der Waals surface area (Å²) in [4.78, 5) is 0. The molecule has 0 aromatic carbocycles. The number of hydrogen-bond donors (Lipinski definition) is 1. The molecule has 0 radical (unpaired) electrons. The van der Waals surface area contributed by atoms with Crippen molar-refractivity contribution in [3.05, 3.63) is 48.1 Å². The van der Waals surface area contributed by atoms with Gasteiger partial charge in [0.2, 0.25) is 0 Å². The molecular weight excluding hydrogens is 388 g/mol. The molecule has 3 aliphatic carbocycles. The van der Waals surface area contributed by atoms with Crippen LogP contribution in [0.4, 0.5) is 0 Å². The second kappa shape index (κ2) is 11.4. The predicted molar refractivity (Wildman–Crippen MR) is 139 cm³/mol. The number of hydrogen-bond acceptors (Lipinski definition) is 1. The Morgan fingerprint density at radius 1 is 1.09 bits per heavy atom. The van der Waals surface area contributed by atoms with Crippen molar-refractivity contribution in [2.24, 2.45) is 35.0 Å². The first-order valence-electron chi connectivity index (χ1n) is 13.6. The zero-order valence-corrected chi connectivity index (χ0v) is 21.5. The van der Waals surface area contributed by atoms with Crippen LogP contribution in [0.3, 0.4) is 0 Å². The van der Waals surface area contributed by atoms with Crippen molar-refractivity contribution < 1.29 is 5.11 Å². The van der Waals surface area contributed by atoms with E-state index in [1.165, 1.54) is 62.5 Å². The number of aliphatic hydroxyl groups excluding tert-OH is 1. The molecule has 3 saturated carbocycles. The van der Waals surface area contributed by atoms with Gasteiger partial charge in [-0.15, -0.1) is 6.58 Å². The molecule has 0 spiro atoms. The lowest BCUT2D eigenvalue weighted by Gasteiger charge is -2.47. The molecule has 0 saturated heterocycles. The highest BCUT2D eigenvalue weighted by molar-refractivity contribution is 5.36. The Bertz CT molecular complexity index is 710. The highest BCUT2D eigenvalue weighted by Crippen LogP contribution is 2.61. The largest absolute Gasteiger partial charge is 0.393 e.